The van der Waals surface area contributed by atoms with Crippen LogP contribution in [0.5, 0.6) is 0 Å². The van der Waals surface area contributed by atoms with Gasteiger partial charge in [-0.25, -0.2) is 9.67 Å². The Hall–Kier alpha value is -1.60. The van der Waals surface area contributed by atoms with Gasteiger partial charge in [-0.05, 0) is 44.5 Å². The molecule has 0 fully saturated rings. The first-order chi connectivity index (χ1) is 9.20. The molecule has 0 saturated heterocycles. The molecule has 0 N–H and O–H groups in total. The lowest BCUT2D eigenvalue weighted by atomic mass is 10.2. The lowest BCUT2D eigenvalue weighted by molar-refractivity contribution is 0.738. The predicted octanol–water partition coefficient (Wildman–Crippen LogP) is 3.68. The van der Waals surface area contributed by atoms with Gasteiger partial charge in [-0.15, -0.1) is 11.8 Å². The van der Waals surface area contributed by atoms with Crippen LogP contribution in [0.15, 0.2) is 28.7 Å². The third-order valence-electron chi connectivity index (χ3n) is 2.73. The quantitative estimate of drug-likeness (QED) is 0.636. The van der Waals surface area contributed by atoms with Gasteiger partial charge in [0.2, 0.25) is 0 Å². The van der Waals surface area contributed by atoms with E-state index in [1.165, 1.54) is 0 Å². The highest BCUT2D eigenvalue weighted by Gasteiger charge is 2.08. The Morgan fingerprint density at radius 2 is 2.00 bits per heavy atom. The average molecular weight is 318 g/mol. The normalized spacial score (nSPS) is 10.1. The molecule has 0 spiro atoms. The number of benzene rings is 1. The second-order valence-electron chi connectivity index (χ2n) is 4.24. The monoisotopic (exact) mass is 317 g/mol. The average Bonchev–Trinajstić information content (AvgIpc) is 2.77. The number of hydrogen-bond donors (Lipinski definition) is 0. The van der Waals surface area contributed by atoms with Crippen LogP contribution in [0, 0.1) is 18.8 Å². The van der Waals surface area contributed by atoms with E-state index in [0.29, 0.717) is 0 Å². The minimum atomic E-state index is 0.805. The van der Waals surface area contributed by atoms with Crippen LogP contribution in [0.3, 0.4) is 0 Å². The van der Waals surface area contributed by atoms with E-state index in [9.17, 15) is 0 Å². The number of hydrogen-bond acceptors (Lipinski definition) is 2. The molecule has 1 heterocycles. The topological polar surface area (TPSA) is 30.7 Å². The molecule has 0 aliphatic heterocycles. The summed E-state index contributed by atoms with van der Waals surface area (Å²) in [6, 6.07) is 8.10. The van der Waals surface area contributed by atoms with Crippen LogP contribution < -0.4 is 0 Å². The van der Waals surface area contributed by atoms with E-state index < -0.39 is 0 Å². The van der Waals surface area contributed by atoms with Gasteiger partial charge < -0.3 is 0 Å². The molecule has 1 aromatic carbocycles. The second-order valence-corrected chi connectivity index (χ2v) is 5.16. The van der Waals surface area contributed by atoms with Gasteiger partial charge in [0.05, 0.1) is 5.69 Å². The molecule has 0 bridgehead atoms. The van der Waals surface area contributed by atoms with Crippen LogP contribution in [-0.2, 0) is 6.42 Å². The number of halogens is 1. The maximum Gasteiger partial charge on any atom is 0.148 e. The van der Waals surface area contributed by atoms with E-state index in [0.717, 1.165) is 41.1 Å². The zero-order valence-electron chi connectivity index (χ0n) is 11.2. The molecule has 0 unspecified atom stereocenters. The summed E-state index contributed by atoms with van der Waals surface area (Å²) in [5.41, 5.74) is 1.04. The van der Waals surface area contributed by atoms with Crippen molar-refractivity contribution in [3.63, 3.8) is 0 Å². The van der Waals surface area contributed by atoms with Crippen molar-refractivity contribution in [1.82, 2.24) is 14.8 Å². The van der Waals surface area contributed by atoms with Gasteiger partial charge in [-0.2, -0.15) is 5.10 Å². The highest BCUT2D eigenvalue weighted by atomic mass is 79.9. The number of nitrogens with zero attached hydrogens (tertiary/aromatic N) is 3. The number of unbranched alkanes of at least 4 members (excludes halogenated alkanes) is 1. The third kappa shape index (κ3) is 3.68. The second kappa shape index (κ2) is 6.53. The number of aryl methyl sites for hydroxylation is 2. The summed E-state index contributed by atoms with van der Waals surface area (Å²) in [5.74, 6) is 7.79. The molecule has 0 radical (unpaired) electrons. The molecule has 0 aliphatic rings. The molecule has 2 rings (SSSR count). The minimum absolute atomic E-state index is 0.805. The van der Waals surface area contributed by atoms with Gasteiger partial charge in [0.25, 0.3) is 0 Å². The zero-order chi connectivity index (χ0) is 13.7. The SMILES string of the molecule is CC#CCCCc1nc(C)nn1-c1ccc(Br)cc1. The fourth-order valence-corrected chi connectivity index (χ4v) is 2.13. The molecule has 4 heteroatoms. The summed E-state index contributed by atoms with van der Waals surface area (Å²) < 4.78 is 2.98. The molecule has 1 aromatic heterocycles. The first-order valence-electron chi connectivity index (χ1n) is 6.29. The van der Waals surface area contributed by atoms with Crippen LogP contribution in [0.25, 0.3) is 5.69 Å². The van der Waals surface area contributed by atoms with Gasteiger partial charge in [-0.3, -0.25) is 0 Å². The van der Waals surface area contributed by atoms with Crippen LogP contribution in [-0.4, -0.2) is 14.8 Å². The van der Waals surface area contributed by atoms with E-state index in [-0.39, 0.29) is 0 Å². The van der Waals surface area contributed by atoms with E-state index in [4.69, 9.17) is 0 Å². The Labute approximate surface area is 122 Å². The Balaban J connectivity index is 2.19. The summed E-state index contributed by atoms with van der Waals surface area (Å²) in [6.07, 6.45) is 2.81. The van der Waals surface area contributed by atoms with Crippen LogP contribution in [0.4, 0.5) is 0 Å². The van der Waals surface area contributed by atoms with Crippen molar-refractivity contribution >= 4 is 15.9 Å². The Morgan fingerprint density at radius 1 is 1.26 bits per heavy atom. The van der Waals surface area contributed by atoms with E-state index >= 15 is 0 Å². The largest absolute Gasteiger partial charge is 0.218 e. The molecule has 3 nitrogen and oxygen atoms in total. The smallest absolute Gasteiger partial charge is 0.148 e. The van der Waals surface area contributed by atoms with Crippen molar-refractivity contribution in [2.75, 3.05) is 0 Å². The highest BCUT2D eigenvalue weighted by Crippen LogP contribution is 2.16. The maximum atomic E-state index is 4.50. The molecule has 0 amide bonds. The highest BCUT2D eigenvalue weighted by molar-refractivity contribution is 9.10. The van der Waals surface area contributed by atoms with Crippen molar-refractivity contribution in [1.29, 1.82) is 0 Å². The molecule has 98 valence electrons. The standard InChI is InChI=1S/C15H16BrN3/c1-3-4-5-6-7-15-17-12(2)18-19(15)14-10-8-13(16)9-11-14/h8-11H,5-7H2,1-2H3. The number of rotatable bonds is 4. The summed E-state index contributed by atoms with van der Waals surface area (Å²) in [6.45, 7) is 3.79. The summed E-state index contributed by atoms with van der Waals surface area (Å²) >= 11 is 3.44. The van der Waals surface area contributed by atoms with Gasteiger partial charge in [0, 0.05) is 17.3 Å². The van der Waals surface area contributed by atoms with E-state index in [1.807, 2.05) is 42.8 Å². The fraction of sp³-hybridized carbons (Fsp3) is 0.333. The van der Waals surface area contributed by atoms with Crippen molar-refractivity contribution in [3.05, 3.63) is 40.4 Å². The number of aromatic nitrogens is 3. The summed E-state index contributed by atoms with van der Waals surface area (Å²) in [4.78, 5) is 4.50. The fourth-order valence-electron chi connectivity index (χ4n) is 1.87. The van der Waals surface area contributed by atoms with Crippen molar-refractivity contribution in [2.24, 2.45) is 0 Å². The zero-order valence-corrected chi connectivity index (χ0v) is 12.7. The lowest BCUT2D eigenvalue weighted by Gasteiger charge is -2.05. The molecule has 19 heavy (non-hydrogen) atoms. The Bertz CT molecular complexity index is 603. The van der Waals surface area contributed by atoms with Gasteiger partial charge in [0.15, 0.2) is 0 Å². The summed E-state index contributed by atoms with van der Waals surface area (Å²) in [5, 5.41) is 4.46. The van der Waals surface area contributed by atoms with Crippen molar-refractivity contribution in [2.45, 2.75) is 33.1 Å². The van der Waals surface area contributed by atoms with Crippen LogP contribution in [0.1, 0.15) is 31.4 Å². The van der Waals surface area contributed by atoms with Crippen LogP contribution >= 0.6 is 15.9 Å². The van der Waals surface area contributed by atoms with Gasteiger partial charge in [-0.1, -0.05) is 15.9 Å². The van der Waals surface area contributed by atoms with Crippen molar-refractivity contribution < 1.29 is 0 Å². The third-order valence-corrected chi connectivity index (χ3v) is 3.26. The molecule has 0 atom stereocenters. The minimum Gasteiger partial charge on any atom is -0.218 e. The first kappa shape index (κ1) is 13.8. The summed E-state index contributed by atoms with van der Waals surface area (Å²) in [7, 11) is 0. The Kier molecular flexibility index (Phi) is 4.75. The molecular formula is C15H16BrN3. The molecule has 2 aromatic rings. The molecule has 0 saturated carbocycles. The van der Waals surface area contributed by atoms with Crippen LogP contribution in [0.2, 0.25) is 0 Å². The van der Waals surface area contributed by atoms with Gasteiger partial charge >= 0.3 is 0 Å². The van der Waals surface area contributed by atoms with Gasteiger partial charge in [0.1, 0.15) is 11.6 Å². The lowest BCUT2D eigenvalue weighted by Crippen LogP contribution is -2.03. The maximum absolute atomic E-state index is 4.50. The van der Waals surface area contributed by atoms with E-state index in [2.05, 4.69) is 37.9 Å². The first-order valence-corrected chi connectivity index (χ1v) is 7.08. The molecular weight excluding hydrogens is 302 g/mol. The van der Waals surface area contributed by atoms with Crippen molar-refractivity contribution in [3.8, 4) is 17.5 Å². The predicted molar refractivity (Wildman–Crippen MR) is 80.2 cm³/mol. The Morgan fingerprint density at radius 3 is 2.68 bits per heavy atom. The molecule has 0 aliphatic carbocycles. The van der Waals surface area contributed by atoms with E-state index in [1.54, 1.807) is 0 Å².